The summed E-state index contributed by atoms with van der Waals surface area (Å²) < 4.78 is -0.472. The number of halogens is 3. The van der Waals surface area contributed by atoms with Crippen LogP contribution in [0, 0.1) is 10.1 Å². The molecule has 0 amide bonds. The number of nitro benzene ring substituents is 1. The molecule has 0 saturated heterocycles. The normalized spacial score (nSPS) is 12.9. The molecule has 1 aromatic carbocycles. The van der Waals surface area contributed by atoms with Gasteiger partial charge in [-0.05, 0) is 12.1 Å². The fraction of sp³-hybridized carbons (Fsp3) is 0.250. The minimum atomic E-state index is -1.76. The molecule has 0 aliphatic carbocycles. The highest BCUT2D eigenvalue weighted by Gasteiger charge is 2.36. The van der Waals surface area contributed by atoms with Crippen LogP contribution < -0.4 is 0 Å². The predicted octanol–water partition coefficient (Wildman–Crippen LogP) is 3.37. The van der Waals surface area contributed by atoms with Crippen molar-refractivity contribution in [1.29, 1.82) is 0 Å². The van der Waals surface area contributed by atoms with Crippen LogP contribution in [0.2, 0.25) is 0 Å². The van der Waals surface area contributed by atoms with E-state index in [0.717, 1.165) is 0 Å². The Morgan fingerprint density at radius 2 is 1.95 bits per heavy atom. The average molecular weight is 364 g/mol. The lowest BCUT2D eigenvalue weighted by molar-refractivity contribution is -0.384. The van der Waals surface area contributed by atoms with Gasteiger partial charge in [0.25, 0.3) is 5.69 Å². The maximum absolute atomic E-state index is 12.3. The molecule has 116 valence electrons. The predicted molar refractivity (Wildman–Crippen MR) is 81.4 cm³/mol. The van der Waals surface area contributed by atoms with E-state index in [-0.39, 0.29) is 23.5 Å². The van der Waals surface area contributed by atoms with E-state index in [1.54, 1.807) is 0 Å². The number of non-ortho nitro benzene ring substituents is 1. The molecule has 1 heterocycles. The van der Waals surface area contributed by atoms with Gasteiger partial charge in [0.05, 0.1) is 4.92 Å². The van der Waals surface area contributed by atoms with E-state index < -0.39 is 14.8 Å². The molecule has 0 fully saturated rings. The van der Waals surface area contributed by atoms with E-state index in [0.29, 0.717) is 0 Å². The summed E-state index contributed by atoms with van der Waals surface area (Å²) in [6.07, 6.45) is 2.47. The number of alkyl halides is 3. The van der Waals surface area contributed by atoms with Gasteiger partial charge in [0.15, 0.2) is 5.78 Å². The third kappa shape index (κ3) is 3.94. The van der Waals surface area contributed by atoms with Crippen LogP contribution in [0.5, 0.6) is 0 Å². The Balaban J connectivity index is 2.20. The van der Waals surface area contributed by atoms with Crippen molar-refractivity contribution >= 4 is 46.3 Å². The maximum Gasteiger partial charge on any atom is 0.269 e. The summed E-state index contributed by atoms with van der Waals surface area (Å²) in [5.74, 6) is -0.332. The Hall–Kier alpha value is -1.70. The molecular formula is C12H9Cl3N4O3. The van der Waals surface area contributed by atoms with E-state index in [4.69, 9.17) is 34.8 Å². The summed E-state index contributed by atoms with van der Waals surface area (Å²) in [5.41, 5.74) is 0.177. The first-order valence-electron chi connectivity index (χ1n) is 5.97. The fourth-order valence-corrected chi connectivity index (χ4v) is 2.33. The molecule has 0 bridgehead atoms. The minimum absolute atomic E-state index is 0.106. The Morgan fingerprint density at radius 1 is 1.32 bits per heavy atom. The van der Waals surface area contributed by atoms with Crippen molar-refractivity contribution in [3.8, 4) is 0 Å². The van der Waals surface area contributed by atoms with Crippen LogP contribution in [0.1, 0.15) is 22.8 Å². The zero-order valence-electron chi connectivity index (χ0n) is 10.9. The second kappa shape index (κ2) is 6.60. The molecule has 2 rings (SSSR count). The number of rotatable bonds is 5. The molecule has 0 aliphatic heterocycles. The average Bonchev–Trinajstić information content (AvgIpc) is 2.97. The van der Waals surface area contributed by atoms with Gasteiger partial charge in [0.1, 0.15) is 18.7 Å². The highest BCUT2D eigenvalue weighted by molar-refractivity contribution is 6.68. The van der Waals surface area contributed by atoms with Crippen molar-refractivity contribution in [1.82, 2.24) is 14.8 Å². The summed E-state index contributed by atoms with van der Waals surface area (Å²) in [7, 11) is 0. The fourth-order valence-electron chi connectivity index (χ4n) is 1.80. The van der Waals surface area contributed by atoms with E-state index in [1.165, 1.54) is 41.6 Å². The van der Waals surface area contributed by atoms with Crippen LogP contribution in [0.25, 0.3) is 0 Å². The number of benzene rings is 1. The van der Waals surface area contributed by atoms with Crippen LogP contribution in [-0.4, -0.2) is 29.3 Å². The van der Waals surface area contributed by atoms with Crippen LogP contribution in [0.15, 0.2) is 36.9 Å². The summed E-state index contributed by atoms with van der Waals surface area (Å²) in [5, 5.41) is 14.5. The Labute approximate surface area is 139 Å². The molecule has 0 N–H and O–H groups in total. The first kappa shape index (κ1) is 16.7. The van der Waals surface area contributed by atoms with Crippen LogP contribution in [0.3, 0.4) is 0 Å². The maximum atomic E-state index is 12.3. The SMILES string of the molecule is O=C(C[C@H](n1cncn1)C(Cl)(Cl)Cl)c1ccc([N+](=O)[O-])cc1. The van der Waals surface area contributed by atoms with Crippen molar-refractivity contribution in [2.75, 3.05) is 0 Å². The van der Waals surface area contributed by atoms with Crippen LogP contribution in [-0.2, 0) is 0 Å². The van der Waals surface area contributed by atoms with Gasteiger partial charge in [-0.3, -0.25) is 14.9 Å². The van der Waals surface area contributed by atoms with Gasteiger partial charge in [-0.15, -0.1) is 0 Å². The Kier molecular flexibility index (Phi) is 5.00. The molecule has 0 aliphatic rings. The number of Topliss-reactive ketones (excluding diaryl/α,β-unsaturated/α-hetero) is 1. The van der Waals surface area contributed by atoms with E-state index >= 15 is 0 Å². The number of carbonyl (C=O) groups is 1. The van der Waals surface area contributed by atoms with Crippen molar-refractivity contribution < 1.29 is 9.72 Å². The standard InChI is InChI=1S/C12H9Cl3N4O3/c13-12(14,15)11(18-7-16-6-17-18)5-10(20)8-1-3-9(4-2-8)19(21)22/h1-4,6-7,11H,5H2/t11-/m0/s1. The van der Waals surface area contributed by atoms with Crippen LogP contribution in [0.4, 0.5) is 5.69 Å². The molecule has 0 radical (unpaired) electrons. The lowest BCUT2D eigenvalue weighted by Gasteiger charge is -2.23. The lowest BCUT2D eigenvalue weighted by atomic mass is 10.0. The van der Waals surface area contributed by atoms with Crippen LogP contribution >= 0.6 is 34.8 Å². The molecule has 7 nitrogen and oxygen atoms in total. The number of aromatic nitrogens is 3. The quantitative estimate of drug-likeness (QED) is 0.351. The number of nitrogens with zero attached hydrogens (tertiary/aromatic N) is 4. The molecular weight excluding hydrogens is 355 g/mol. The van der Waals surface area contributed by atoms with Crippen molar-refractivity contribution in [3.05, 3.63) is 52.6 Å². The number of ketones is 1. The summed E-state index contributed by atoms with van der Waals surface area (Å²) >= 11 is 17.7. The van der Waals surface area contributed by atoms with E-state index in [1.807, 2.05) is 0 Å². The zero-order chi connectivity index (χ0) is 16.3. The van der Waals surface area contributed by atoms with Gasteiger partial charge in [0.2, 0.25) is 3.79 Å². The van der Waals surface area contributed by atoms with Gasteiger partial charge in [-0.25, -0.2) is 9.67 Å². The topological polar surface area (TPSA) is 90.9 Å². The molecule has 22 heavy (non-hydrogen) atoms. The van der Waals surface area contributed by atoms with Crippen molar-refractivity contribution in [3.63, 3.8) is 0 Å². The lowest BCUT2D eigenvalue weighted by Crippen LogP contribution is -2.27. The van der Waals surface area contributed by atoms with E-state index in [9.17, 15) is 14.9 Å². The molecule has 2 aromatic rings. The Bertz CT molecular complexity index is 668. The smallest absolute Gasteiger partial charge is 0.269 e. The Morgan fingerprint density at radius 3 is 2.41 bits per heavy atom. The van der Waals surface area contributed by atoms with Gasteiger partial charge in [-0.2, -0.15) is 5.10 Å². The third-order valence-corrected chi connectivity index (χ3v) is 3.67. The van der Waals surface area contributed by atoms with Crippen molar-refractivity contribution in [2.45, 2.75) is 16.3 Å². The second-order valence-electron chi connectivity index (χ2n) is 4.36. The molecule has 0 saturated carbocycles. The zero-order valence-corrected chi connectivity index (χ0v) is 13.2. The van der Waals surface area contributed by atoms with Gasteiger partial charge < -0.3 is 0 Å². The van der Waals surface area contributed by atoms with Gasteiger partial charge in [0, 0.05) is 24.1 Å². The molecule has 1 atom stereocenters. The largest absolute Gasteiger partial charge is 0.294 e. The molecule has 0 unspecified atom stereocenters. The third-order valence-electron chi connectivity index (χ3n) is 2.91. The first-order valence-corrected chi connectivity index (χ1v) is 7.11. The molecule has 1 aromatic heterocycles. The highest BCUT2D eigenvalue weighted by atomic mass is 35.6. The first-order chi connectivity index (χ1) is 10.3. The number of nitro groups is 1. The second-order valence-corrected chi connectivity index (χ2v) is 6.73. The monoisotopic (exact) mass is 362 g/mol. The summed E-state index contributed by atoms with van der Waals surface area (Å²) in [6.45, 7) is 0. The summed E-state index contributed by atoms with van der Waals surface area (Å²) in [4.78, 5) is 26.1. The molecule has 0 spiro atoms. The van der Waals surface area contributed by atoms with Crippen molar-refractivity contribution in [2.24, 2.45) is 0 Å². The number of hydrogen-bond acceptors (Lipinski definition) is 5. The minimum Gasteiger partial charge on any atom is -0.294 e. The molecule has 10 heteroatoms. The summed E-state index contributed by atoms with van der Waals surface area (Å²) in [6, 6.07) is 4.36. The van der Waals surface area contributed by atoms with Gasteiger partial charge in [-0.1, -0.05) is 34.8 Å². The number of carbonyl (C=O) groups excluding carboxylic acids is 1. The highest BCUT2D eigenvalue weighted by Crippen LogP contribution is 2.40. The van der Waals surface area contributed by atoms with Gasteiger partial charge >= 0.3 is 0 Å². The number of hydrogen-bond donors (Lipinski definition) is 0. The van der Waals surface area contributed by atoms with E-state index in [2.05, 4.69) is 10.1 Å².